The summed E-state index contributed by atoms with van der Waals surface area (Å²) in [6, 6.07) is 0. The molecule has 10 nitrogen and oxygen atoms in total. The first kappa shape index (κ1) is 17.3. The van der Waals surface area contributed by atoms with Gasteiger partial charge in [0.1, 0.15) is 0 Å². The molecular formula is H3AlO10P3+. The van der Waals surface area contributed by atoms with Crippen molar-refractivity contribution in [3.8, 4) is 0 Å². The normalized spacial score (nSPS) is 16.9. The molecule has 0 saturated carbocycles. The molecule has 0 aromatic carbocycles. The Bertz CT molecular complexity index is 277. The molecule has 0 bridgehead atoms. The van der Waals surface area contributed by atoms with E-state index in [1.165, 1.54) is 0 Å². The molecule has 0 aliphatic carbocycles. The summed E-state index contributed by atoms with van der Waals surface area (Å²) in [7, 11) is -16.9. The smallest absolute Gasteiger partial charge is 0.789 e. The monoisotopic (exact) mass is 283 g/mol. The second kappa shape index (κ2) is 5.32. The number of phosphoric acid groups is 3. The minimum atomic E-state index is -5.85. The average Bonchev–Trinajstić information content (AvgIpc) is 1.43. The van der Waals surface area contributed by atoms with E-state index >= 15 is 0 Å². The molecule has 0 amide bonds. The van der Waals surface area contributed by atoms with Crippen LogP contribution in [0.25, 0.3) is 0 Å². The van der Waals surface area contributed by atoms with Crippen molar-refractivity contribution >= 4 is 40.8 Å². The first-order chi connectivity index (χ1) is 5.41. The van der Waals surface area contributed by atoms with Crippen LogP contribution in [0.4, 0.5) is 0 Å². The Kier molecular flexibility index (Phi) is 6.60. The molecule has 0 radical (unpaired) electrons. The molecule has 0 spiro atoms. The fourth-order valence-corrected chi connectivity index (χ4v) is 2.75. The molecule has 0 aliphatic heterocycles. The van der Waals surface area contributed by atoms with Gasteiger partial charge in [0.05, 0.1) is 7.82 Å². The molecule has 0 aromatic rings. The summed E-state index contributed by atoms with van der Waals surface area (Å²) in [5, 5.41) is 0. The van der Waals surface area contributed by atoms with Crippen LogP contribution in [0.5, 0.6) is 0 Å². The summed E-state index contributed by atoms with van der Waals surface area (Å²) >= 11 is 0. The van der Waals surface area contributed by atoms with Gasteiger partial charge in [-0.05, 0) is 0 Å². The van der Waals surface area contributed by atoms with Crippen LogP contribution in [0, 0.1) is 0 Å². The molecule has 14 heavy (non-hydrogen) atoms. The Labute approximate surface area is 88.1 Å². The fraction of sp³-hybridized carbons (Fsp3) is 0. The van der Waals surface area contributed by atoms with Gasteiger partial charge in [0.25, 0.3) is 0 Å². The number of rotatable bonds is 4. The summed E-state index contributed by atoms with van der Waals surface area (Å²) < 4.78 is 35.7. The van der Waals surface area contributed by atoms with E-state index in [0.29, 0.717) is 0 Å². The third-order valence-corrected chi connectivity index (χ3v) is 3.71. The van der Waals surface area contributed by atoms with Crippen LogP contribution >= 0.6 is 23.5 Å². The van der Waals surface area contributed by atoms with Crippen LogP contribution in [0.1, 0.15) is 0 Å². The Morgan fingerprint density at radius 1 is 0.929 bits per heavy atom. The zero-order chi connectivity index (χ0) is 10.9. The van der Waals surface area contributed by atoms with Crippen molar-refractivity contribution in [3.05, 3.63) is 0 Å². The van der Waals surface area contributed by atoms with E-state index in [4.69, 9.17) is 14.7 Å². The van der Waals surface area contributed by atoms with Gasteiger partial charge in [-0.1, -0.05) is 0 Å². The van der Waals surface area contributed by atoms with Gasteiger partial charge in [-0.3, -0.25) is 4.31 Å². The van der Waals surface area contributed by atoms with Gasteiger partial charge in [-0.25, -0.2) is 9.13 Å². The van der Waals surface area contributed by atoms with Crippen molar-refractivity contribution in [1.82, 2.24) is 0 Å². The molecule has 0 rings (SSSR count). The number of hydrogen-bond acceptors (Lipinski definition) is 7. The zero-order valence-electron chi connectivity index (χ0n) is 6.12. The van der Waals surface area contributed by atoms with Gasteiger partial charge in [0.15, 0.2) is 0 Å². The minimum Gasteiger partial charge on any atom is -0.789 e. The minimum absolute atomic E-state index is 0. The van der Waals surface area contributed by atoms with Gasteiger partial charge in [0, 0.05) is 0 Å². The molecule has 0 heterocycles. The van der Waals surface area contributed by atoms with E-state index in [0.717, 1.165) is 0 Å². The number of hydrogen-bond donors (Lipinski definition) is 3. The van der Waals surface area contributed by atoms with Gasteiger partial charge in [-0.15, -0.1) is 0 Å². The molecule has 0 aromatic heterocycles. The maximum absolute atomic E-state index is 10.3. The van der Waals surface area contributed by atoms with Crippen molar-refractivity contribution in [2.45, 2.75) is 0 Å². The van der Waals surface area contributed by atoms with Crippen molar-refractivity contribution in [2.24, 2.45) is 0 Å². The molecule has 0 fully saturated rings. The van der Waals surface area contributed by atoms with Crippen LogP contribution < -0.4 is 9.79 Å². The Morgan fingerprint density at radius 3 is 1.50 bits per heavy atom. The van der Waals surface area contributed by atoms with E-state index in [9.17, 15) is 23.5 Å². The summed E-state index contributed by atoms with van der Waals surface area (Å²) in [5.41, 5.74) is 0. The van der Waals surface area contributed by atoms with Crippen molar-refractivity contribution in [3.63, 3.8) is 0 Å². The second-order valence-electron chi connectivity index (χ2n) is 1.57. The first-order valence-electron chi connectivity index (χ1n) is 2.24. The van der Waals surface area contributed by atoms with Gasteiger partial charge >= 0.3 is 33.0 Å². The van der Waals surface area contributed by atoms with Crippen LogP contribution in [0.3, 0.4) is 0 Å². The standard InChI is InChI=1S/Al.H5O10P3/c;1-11(2,3)9-13(7,8)10-12(4,5)6/h;(H,7,8)(H2,1,2,3)(H2,4,5,6)/q+3;/p-2. The van der Waals surface area contributed by atoms with Crippen molar-refractivity contribution < 1.29 is 46.8 Å². The summed E-state index contributed by atoms with van der Waals surface area (Å²) in [5.74, 6) is 0. The zero-order valence-corrected chi connectivity index (χ0v) is 9.96. The van der Waals surface area contributed by atoms with Crippen LogP contribution in [-0.4, -0.2) is 32.0 Å². The van der Waals surface area contributed by atoms with Crippen molar-refractivity contribution in [1.29, 1.82) is 0 Å². The van der Waals surface area contributed by atoms with E-state index in [-0.39, 0.29) is 17.4 Å². The largest absolute Gasteiger partial charge is 3.00 e. The second-order valence-corrected chi connectivity index (χ2v) is 5.69. The fourth-order valence-electron chi connectivity index (χ4n) is 0.276. The third kappa shape index (κ3) is 11.0. The Balaban J connectivity index is 0. The molecule has 80 valence electrons. The summed E-state index contributed by atoms with van der Waals surface area (Å²) in [6.07, 6.45) is 0. The predicted molar refractivity (Wildman–Crippen MR) is 37.4 cm³/mol. The Hall–Kier alpha value is 0.942. The van der Waals surface area contributed by atoms with E-state index < -0.39 is 23.5 Å². The van der Waals surface area contributed by atoms with E-state index in [1.54, 1.807) is 0 Å². The maximum Gasteiger partial charge on any atom is 3.00 e. The van der Waals surface area contributed by atoms with Gasteiger partial charge in [-0.2, -0.15) is 4.31 Å². The predicted octanol–water partition coefficient (Wildman–Crippen LogP) is -2.34. The average molecular weight is 283 g/mol. The van der Waals surface area contributed by atoms with Crippen molar-refractivity contribution in [2.75, 3.05) is 0 Å². The SMILES string of the molecule is O=P([O-])([O-])OP(=O)(O)OP(=O)(O)O.[Al+3]. The molecular weight excluding hydrogens is 280 g/mol. The van der Waals surface area contributed by atoms with Crippen LogP contribution in [0.15, 0.2) is 0 Å². The molecule has 14 heteroatoms. The van der Waals surface area contributed by atoms with E-state index in [1.807, 2.05) is 0 Å². The summed E-state index contributed by atoms with van der Waals surface area (Å²) in [4.78, 5) is 43.5. The molecule has 3 N–H and O–H groups in total. The molecule has 0 aliphatic rings. The topological polar surface area (TPSA) is 176 Å². The van der Waals surface area contributed by atoms with Gasteiger partial charge in [0.2, 0.25) is 0 Å². The molecule has 0 saturated heterocycles. The molecule has 1 unspecified atom stereocenters. The quantitative estimate of drug-likeness (QED) is 0.374. The maximum atomic E-state index is 10.3. The van der Waals surface area contributed by atoms with Crippen LogP contribution in [0.2, 0.25) is 0 Å². The Morgan fingerprint density at radius 2 is 1.29 bits per heavy atom. The summed E-state index contributed by atoms with van der Waals surface area (Å²) in [6.45, 7) is 0. The first-order valence-corrected chi connectivity index (χ1v) is 6.73. The molecule has 1 atom stereocenters. The third-order valence-electron chi connectivity index (χ3n) is 0.413. The van der Waals surface area contributed by atoms with E-state index in [2.05, 4.69) is 8.62 Å². The van der Waals surface area contributed by atoms with Gasteiger partial charge < -0.3 is 29.0 Å². The van der Waals surface area contributed by atoms with Crippen LogP contribution in [-0.2, 0) is 22.3 Å².